The lowest BCUT2D eigenvalue weighted by molar-refractivity contribution is -0.115. The third-order valence-electron chi connectivity index (χ3n) is 5.09. The average molecular weight is 302 g/mol. The summed E-state index contributed by atoms with van der Waals surface area (Å²) in [5.41, 5.74) is 2.81. The Morgan fingerprint density at radius 2 is 2.09 bits per heavy atom. The summed E-state index contributed by atoms with van der Waals surface area (Å²) in [7, 11) is 2.17. The molecule has 1 aliphatic carbocycles. The number of hydrogen-bond acceptors (Lipinski definition) is 3. The van der Waals surface area contributed by atoms with Crippen molar-refractivity contribution in [2.45, 2.75) is 57.1 Å². The Kier molecular flexibility index (Phi) is 4.79. The summed E-state index contributed by atoms with van der Waals surface area (Å²) < 4.78 is 0. The number of amides is 1. The molecule has 3 rings (SSSR count). The highest BCUT2D eigenvalue weighted by atomic mass is 16.3. The van der Waals surface area contributed by atoms with E-state index in [1.54, 1.807) is 0 Å². The van der Waals surface area contributed by atoms with Gasteiger partial charge in [-0.2, -0.15) is 0 Å². The van der Waals surface area contributed by atoms with E-state index in [-0.39, 0.29) is 5.91 Å². The van der Waals surface area contributed by atoms with Crippen molar-refractivity contribution in [2.75, 3.05) is 18.9 Å². The summed E-state index contributed by atoms with van der Waals surface area (Å²) in [5, 5.41) is 13.3. The number of anilines is 1. The van der Waals surface area contributed by atoms with Crippen LogP contribution in [0.4, 0.5) is 5.69 Å². The summed E-state index contributed by atoms with van der Waals surface area (Å²) >= 11 is 0. The molecule has 1 amide bonds. The van der Waals surface area contributed by atoms with E-state index in [2.05, 4.69) is 17.3 Å². The van der Waals surface area contributed by atoms with E-state index in [1.165, 1.54) is 32.1 Å². The highest BCUT2D eigenvalue weighted by Crippen LogP contribution is 2.28. The third-order valence-corrected chi connectivity index (χ3v) is 5.09. The molecule has 1 aromatic rings. The molecule has 0 aromatic heterocycles. The van der Waals surface area contributed by atoms with Crippen molar-refractivity contribution in [3.05, 3.63) is 29.3 Å². The van der Waals surface area contributed by atoms with Gasteiger partial charge >= 0.3 is 0 Å². The van der Waals surface area contributed by atoms with Crippen LogP contribution in [0.5, 0.6) is 0 Å². The van der Waals surface area contributed by atoms with Crippen molar-refractivity contribution in [3.8, 4) is 0 Å². The van der Waals surface area contributed by atoms with E-state index in [9.17, 15) is 9.90 Å². The fourth-order valence-electron chi connectivity index (χ4n) is 3.65. The maximum absolute atomic E-state index is 11.4. The molecule has 1 unspecified atom stereocenters. The number of rotatable bonds is 5. The van der Waals surface area contributed by atoms with Crippen molar-refractivity contribution in [2.24, 2.45) is 0 Å². The molecule has 1 aliphatic heterocycles. The zero-order valence-electron chi connectivity index (χ0n) is 13.3. The number of carbonyl (C=O) groups excluding carboxylic acids is 1. The van der Waals surface area contributed by atoms with E-state index in [0.717, 1.165) is 29.8 Å². The van der Waals surface area contributed by atoms with Crippen molar-refractivity contribution >= 4 is 11.6 Å². The molecule has 0 spiro atoms. The molecule has 1 heterocycles. The second kappa shape index (κ2) is 6.80. The van der Waals surface area contributed by atoms with Crippen LogP contribution < -0.4 is 5.32 Å². The van der Waals surface area contributed by atoms with Gasteiger partial charge in [0.05, 0.1) is 12.5 Å². The first-order chi connectivity index (χ1) is 10.6. The molecule has 1 fully saturated rings. The molecule has 0 bridgehead atoms. The van der Waals surface area contributed by atoms with Crippen LogP contribution in [0.25, 0.3) is 0 Å². The molecule has 2 N–H and O–H groups in total. The fraction of sp³-hybridized carbons (Fsp3) is 0.611. The van der Waals surface area contributed by atoms with Crippen molar-refractivity contribution < 1.29 is 9.90 Å². The Balaban J connectivity index is 1.54. The van der Waals surface area contributed by atoms with Gasteiger partial charge in [0, 0.05) is 18.3 Å². The van der Waals surface area contributed by atoms with Crippen LogP contribution in [0.2, 0.25) is 0 Å². The van der Waals surface area contributed by atoms with Crippen LogP contribution in [-0.2, 0) is 11.2 Å². The first kappa shape index (κ1) is 15.5. The largest absolute Gasteiger partial charge is 0.388 e. The number of benzene rings is 1. The molecule has 22 heavy (non-hydrogen) atoms. The van der Waals surface area contributed by atoms with Crippen LogP contribution in [0.15, 0.2) is 18.2 Å². The first-order valence-electron chi connectivity index (χ1n) is 8.44. The number of fused-ring (bicyclic) bond motifs is 1. The van der Waals surface area contributed by atoms with Gasteiger partial charge in [0.1, 0.15) is 0 Å². The van der Waals surface area contributed by atoms with Gasteiger partial charge < -0.3 is 15.3 Å². The topological polar surface area (TPSA) is 52.6 Å². The molecule has 4 nitrogen and oxygen atoms in total. The average Bonchev–Trinajstić information content (AvgIpc) is 2.92. The smallest absolute Gasteiger partial charge is 0.228 e. The molecule has 1 aromatic carbocycles. The Bertz CT molecular complexity index is 538. The molecular weight excluding hydrogens is 276 g/mol. The summed E-state index contributed by atoms with van der Waals surface area (Å²) in [4.78, 5) is 13.8. The van der Waals surface area contributed by atoms with E-state index >= 15 is 0 Å². The zero-order valence-corrected chi connectivity index (χ0v) is 13.3. The molecule has 120 valence electrons. The van der Waals surface area contributed by atoms with Gasteiger partial charge in [0.15, 0.2) is 0 Å². The van der Waals surface area contributed by atoms with Gasteiger partial charge in [-0.15, -0.1) is 0 Å². The molecule has 1 saturated carbocycles. The fourth-order valence-corrected chi connectivity index (χ4v) is 3.65. The van der Waals surface area contributed by atoms with Gasteiger partial charge in [-0.1, -0.05) is 31.4 Å². The van der Waals surface area contributed by atoms with Crippen molar-refractivity contribution in [3.63, 3.8) is 0 Å². The number of nitrogens with zero attached hydrogens (tertiary/aromatic N) is 1. The predicted octanol–water partition coefficient (Wildman–Crippen LogP) is 2.87. The van der Waals surface area contributed by atoms with E-state index in [0.29, 0.717) is 12.5 Å². The minimum Gasteiger partial charge on any atom is -0.388 e. The Morgan fingerprint density at radius 3 is 2.86 bits per heavy atom. The molecule has 1 atom stereocenters. The van der Waals surface area contributed by atoms with Gasteiger partial charge in [0.2, 0.25) is 5.91 Å². The predicted molar refractivity (Wildman–Crippen MR) is 87.9 cm³/mol. The molecule has 2 aliphatic rings. The molecular formula is C18H26N2O2. The second-order valence-corrected chi connectivity index (χ2v) is 6.72. The summed E-state index contributed by atoms with van der Waals surface area (Å²) in [6, 6.07) is 6.49. The minimum atomic E-state index is -0.452. The Hall–Kier alpha value is -1.39. The lowest BCUT2D eigenvalue weighted by Gasteiger charge is -2.31. The Morgan fingerprint density at radius 1 is 1.32 bits per heavy atom. The summed E-state index contributed by atoms with van der Waals surface area (Å²) in [6.45, 7) is 0.917. The second-order valence-electron chi connectivity index (χ2n) is 6.72. The molecule has 0 radical (unpaired) electrons. The number of aliphatic hydroxyl groups excluding tert-OH is 1. The van der Waals surface area contributed by atoms with Crippen LogP contribution >= 0.6 is 0 Å². The minimum absolute atomic E-state index is 0.0404. The van der Waals surface area contributed by atoms with E-state index in [1.807, 2.05) is 18.2 Å². The monoisotopic (exact) mass is 302 g/mol. The van der Waals surface area contributed by atoms with Gasteiger partial charge in [-0.05, 0) is 43.5 Å². The van der Waals surface area contributed by atoms with Crippen LogP contribution in [0.3, 0.4) is 0 Å². The van der Waals surface area contributed by atoms with Gasteiger partial charge in [0.25, 0.3) is 0 Å². The molecule has 0 saturated heterocycles. The highest BCUT2D eigenvalue weighted by Gasteiger charge is 2.21. The lowest BCUT2D eigenvalue weighted by Crippen LogP contribution is -2.34. The zero-order chi connectivity index (χ0) is 15.5. The Labute approximate surface area is 132 Å². The SMILES string of the molecule is CN(CCC(O)c1ccc2c(c1)CC(=O)N2)C1CCCCC1. The van der Waals surface area contributed by atoms with Crippen LogP contribution in [0, 0.1) is 0 Å². The van der Waals surface area contributed by atoms with Gasteiger partial charge in [-0.3, -0.25) is 4.79 Å². The van der Waals surface area contributed by atoms with Crippen LogP contribution in [-0.4, -0.2) is 35.5 Å². The number of carbonyl (C=O) groups is 1. The third kappa shape index (κ3) is 3.50. The number of hydrogen-bond donors (Lipinski definition) is 2. The maximum atomic E-state index is 11.4. The van der Waals surface area contributed by atoms with Gasteiger partial charge in [-0.25, -0.2) is 0 Å². The first-order valence-corrected chi connectivity index (χ1v) is 8.44. The van der Waals surface area contributed by atoms with E-state index < -0.39 is 6.10 Å². The van der Waals surface area contributed by atoms with Crippen molar-refractivity contribution in [1.29, 1.82) is 0 Å². The van der Waals surface area contributed by atoms with Crippen LogP contribution in [0.1, 0.15) is 55.8 Å². The summed E-state index contributed by atoms with van der Waals surface area (Å²) in [5.74, 6) is 0.0404. The lowest BCUT2D eigenvalue weighted by atomic mass is 9.94. The standard InChI is InChI=1S/C18H26N2O2/c1-20(15-5-3-2-4-6-15)10-9-17(21)13-7-8-16-14(11-13)12-18(22)19-16/h7-8,11,15,17,21H,2-6,9-10,12H2,1H3,(H,19,22). The normalized spacial score (nSPS) is 20.0. The summed E-state index contributed by atoms with van der Waals surface area (Å²) in [6.07, 6.45) is 7.34. The molecule has 4 heteroatoms. The number of nitrogens with one attached hydrogen (secondary N) is 1. The van der Waals surface area contributed by atoms with Crippen molar-refractivity contribution in [1.82, 2.24) is 4.90 Å². The van der Waals surface area contributed by atoms with E-state index in [4.69, 9.17) is 0 Å². The number of aliphatic hydroxyl groups is 1. The maximum Gasteiger partial charge on any atom is 0.228 e. The quantitative estimate of drug-likeness (QED) is 0.879. The highest BCUT2D eigenvalue weighted by molar-refractivity contribution is 5.99.